The monoisotopic (exact) mass is 416 g/mol. The topological polar surface area (TPSA) is 89.6 Å². The maximum atomic E-state index is 12.7. The van der Waals surface area contributed by atoms with Crippen molar-refractivity contribution in [2.75, 3.05) is 5.32 Å². The van der Waals surface area contributed by atoms with E-state index in [1.807, 2.05) is 6.07 Å². The molecule has 0 aliphatic carbocycles. The van der Waals surface area contributed by atoms with Gasteiger partial charge in [0, 0.05) is 23.9 Å². The molecule has 2 aromatic carbocycles. The highest BCUT2D eigenvalue weighted by atomic mass is 35.5. The van der Waals surface area contributed by atoms with Crippen LogP contribution in [-0.4, -0.2) is 27.9 Å². The fourth-order valence-corrected chi connectivity index (χ4v) is 3.32. The molecule has 0 radical (unpaired) electrons. The third-order valence-electron chi connectivity index (χ3n) is 4.14. The largest absolute Gasteiger partial charge is 0.421 e. The minimum absolute atomic E-state index is 0.287. The number of carbonyl (C=O) groups is 1. The second kappa shape index (κ2) is 7.61. The Kier molecular flexibility index (Phi) is 5.02. The van der Waals surface area contributed by atoms with E-state index in [0.29, 0.717) is 44.4 Å². The molecular formula is C19H14Cl2N4O3. The Labute approximate surface area is 170 Å². The number of anilines is 1. The van der Waals surface area contributed by atoms with Gasteiger partial charge >= 0.3 is 0 Å². The van der Waals surface area contributed by atoms with E-state index in [1.54, 1.807) is 43.3 Å². The molecule has 0 bridgehead atoms. The van der Waals surface area contributed by atoms with Gasteiger partial charge in [0.05, 0.1) is 22.0 Å². The van der Waals surface area contributed by atoms with Crippen molar-refractivity contribution < 1.29 is 14.0 Å². The van der Waals surface area contributed by atoms with E-state index in [9.17, 15) is 4.79 Å². The van der Waals surface area contributed by atoms with E-state index in [2.05, 4.69) is 20.7 Å². The van der Waals surface area contributed by atoms with Crippen LogP contribution in [0.5, 0.6) is 0 Å². The highest BCUT2D eigenvalue weighted by Gasteiger charge is 2.30. The van der Waals surface area contributed by atoms with Crippen molar-refractivity contribution in [1.82, 2.24) is 10.2 Å². The molecule has 0 fully saturated rings. The van der Waals surface area contributed by atoms with Crippen LogP contribution >= 0.6 is 23.2 Å². The fraction of sp³-hybridized carbons (Fsp3) is 0.158. The number of para-hydroxylation sites is 1. The number of rotatable bonds is 4. The molecule has 1 N–H and O–H groups in total. The SMILES string of the molecule is Cc1nnc(-c2ccccc2NC(=O)[C@H]2CC(c3ccc(Cl)cc3Cl)=NO2)o1. The zero-order valence-corrected chi connectivity index (χ0v) is 16.2. The summed E-state index contributed by atoms with van der Waals surface area (Å²) in [5, 5.41) is 15.7. The molecular weight excluding hydrogens is 403 g/mol. The average Bonchev–Trinajstić information content (AvgIpc) is 3.31. The summed E-state index contributed by atoms with van der Waals surface area (Å²) < 4.78 is 5.46. The van der Waals surface area contributed by atoms with Gasteiger partial charge in [-0.3, -0.25) is 4.79 Å². The third kappa shape index (κ3) is 3.72. The number of amides is 1. The summed E-state index contributed by atoms with van der Waals surface area (Å²) in [5.41, 5.74) is 2.43. The van der Waals surface area contributed by atoms with Crippen molar-refractivity contribution >= 4 is 40.5 Å². The highest BCUT2D eigenvalue weighted by molar-refractivity contribution is 6.37. The summed E-state index contributed by atoms with van der Waals surface area (Å²) in [6.45, 7) is 1.70. The zero-order valence-electron chi connectivity index (χ0n) is 14.6. The number of hydrogen-bond donors (Lipinski definition) is 1. The van der Waals surface area contributed by atoms with E-state index in [4.69, 9.17) is 32.5 Å². The first-order valence-corrected chi connectivity index (χ1v) is 9.15. The minimum atomic E-state index is -0.778. The molecule has 0 unspecified atom stereocenters. The molecule has 0 saturated heterocycles. The number of aryl methyl sites for hydroxylation is 1. The van der Waals surface area contributed by atoms with Crippen molar-refractivity contribution in [3.8, 4) is 11.5 Å². The first kappa shape index (κ1) is 18.5. The Morgan fingerprint density at radius 1 is 1.14 bits per heavy atom. The van der Waals surface area contributed by atoms with Crippen LogP contribution in [0.4, 0.5) is 5.69 Å². The van der Waals surface area contributed by atoms with Crippen LogP contribution < -0.4 is 5.32 Å². The third-order valence-corrected chi connectivity index (χ3v) is 4.69. The number of carbonyl (C=O) groups excluding carboxylic acids is 1. The van der Waals surface area contributed by atoms with E-state index in [0.717, 1.165) is 0 Å². The molecule has 2 heterocycles. The Bertz CT molecular complexity index is 1080. The Morgan fingerprint density at radius 3 is 2.71 bits per heavy atom. The molecule has 9 heteroatoms. The van der Waals surface area contributed by atoms with Gasteiger partial charge in [0.1, 0.15) is 0 Å². The number of hydrogen-bond acceptors (Lipinski definition) is 6. The highest BCUT2D eigenvalue weighted by Crippen LogP contribution is 2.29. The van der Waals surface area contributed by atoms with Gasteiger partial charge < -0.3 is 14.6 Å². The van der Waals surface area contributed by atoms with Crippen LogP contribution in [0.1, 0.15) is 17.9 Å². The molecule has 1 amide bonds. The van der Waals surface area contributed by atoms with Crippen LogP contribution in [0.25, 0.3) is 11.5 Å². The van der Waals surface area contributed by atoms with E-state index in [1.165, 1.54) is 0 Å². The van der Waals surface area contributed by atoms with Crippen LogP contribution in [0.3, 0.4) is 0 Å². The number of oxime groups is 1. The van der Waals surface area contributed by atoms with Crippen LogP contribution in [0, 0.1) is 6.92 Å². The molecule has 1 aliphatic rings. The Hall–Kier alpha value is -2.90. The van der Waals surface area contributed by atoms with Crippen molar-refractivity contribution in [2.45, 2.75) is 19.4 Å². The molecule has 1 aromatic heterocycles. The molecule has 4 rings (SSSR count). The lowest BCUT2D eigenvalue weighted by Gasteiger charge is -2.11. The predicted octanol–water partition coefficient (Wildman–Crippen LogP) is 4.48. The van der Waals surface area contributed by atoms with Gasteiger partial charge in [0.15, 0.2) is 0 Å². The number of nitrogens with one attached hydrogen (secondary N) is 1. The van der Waals surface area contributed by atoms with Gasteiger partial charge in [-0.05, 0) is 24.3 Å². The van der Waals surface area contributed by atoms with Crippen LogP contribution in [0.2, 0.25) is 10.0 Å². The van der Waals surface area contributed by atoms with Crippen molar-refractivity contribution in [2.24, 2.45) is 5.16 Å². The molecule has 142 valence electrons. The van der Waals surface area contributed by atoms with Gasteiger partial charge in [-0.25, -0.2) is 0 Å². The molecule has 3 aromatic rings. The maximum absolute atomic E-state index is 12.7. The summed E-state index contributed by atoms with van der Waals surface area (Å²) in [6, 6.07) is 12.2. The van der Waals surface area contributed by atoms with E-state index < -0.39 is 6.10 Å². The minimum Gasteiger partial charge on any atom is -0.421 e. The van der Waals surface area contributed by atoms with Gasteiger partial charge in [-0.1, -0.05) is 46.6 Å². The predicted molar refractivity (Wildman–Crippen MR) is 106 cm³/mol. The van der Waals surface area contributed by atoms with Gasteiger partial charge in [-0.15, -0.1) is 10.2 Å². The summed E-state index contributed by atoms with van der Waals surface area (Å²) >= 11 is 12.1. The average molecular weight is 417 g/mol. The molecule has 0 saturated carbocycles. The summed E-state index contributed by atoms with van der Waals surface area (Å²) in [4.78, 5) is 18.0. The molecule has 1 aliphatic heterocycles. The first-order valence-electron chi connectivity index (χ1n) is 8.40. The fourth-order valence-electron chi connectivity index (χ4n) is 2.80. The normalized spacial score (nSPS) is 15.8. The molecule has 28 heavy (non-hydrogen) atoms. The van der Waals surface area contributed by atoms with E-state index in [-0.39, 0.29) is 12.3 Å². The summed E-state index contributed by atoms with van der Waals surface area (Å²) in [6.07, 6.45) is -0.492. The number of nitrogens with zero attached hydrogens (tertiary/aromatic N) is 3. The summed E-state index contributed by atoms with van der Waals surface area (Å²) in [5.74, 6) is 0.422. The van der Waals surface area contributed by atoms with Crippen molar-refractivity contribution in [3.05, 3.63) is 64.0 Å². The second-order valence-electron chi connectivity index (χ2n) is 6.12. The smallest absolute Gasteiger partial charge is 0.268 e. The molecule has 0 spiro atoms. The summed E-state index contributed by atoms with van der Waals surface area (Å²) in [7, 11) is 0. The Morgan fingerprint density at radius 2 is 1.96 bits per heavy atom. The van der Waals surface area contributed by atoms with E-state index >= 15 is 0 Å². The quantitative estimate of drug-likeness (QED) is 0.676. The van der Waals surface area contributed by atoms with Crippen molar-refractivity contribution in [1.29, 1.82) is 0 Å². The van der Waals surface area contributed by atoms with Crippen LogP contribution in [-0.2, 0) is 9.63 Å². The maximum Gasteiger partial charge on any atom is 0.268 e. The molecule has 1 atom stereocenters. The number of benzene rings is 2. The molecule has 7 nitrogen and oxygen atoms in total. The first-order chi connectivity index (χ1) is 13.5. The standard InChI is InChI=1S/C19H14Cl2N4O3/c1-10-23-24-19(27-10)13-4-2-3-5-15(13)22-18(26)17-9-16(25-28-17)12-7-6-11(20)8-14(12)21/h2-8,17H,9H2,1H3,(H,22,26)/t17-/m1/s1. The van der Waals surface area contributed by atoms with Crippen molar-refractivity contribution in [3.63, 3.8) is 0 Å². The lowest BCUT2D eigenvalue weighted by Crippen LogP contribution is -2.28. The lowest BCUT2D eigenvalue weighted by molar-refractivity contribution is -0.125. The lowest BCUT2D eigenvalue weighted by atomic mass is 10.0. The zero-order chi connectivity index (χ0) is 19.7. The van der Waals surface area contributed by atoms with Gasteiger partial charge in [0.25, 0.3) is 5.91 Å². The Balaban J connectivity index is 1.49. The van der Waals surface area contributed by atoms with Gasteiger partial charge in [-0.2, -0.15) is 0 Å². The second-order valence-corrected chi connectivity index (χ2v) is 6.97. The van der Waals surface area contributed by atoms with Crippen LogP contribution in [0.15, 0.2) is 52.0 Å². The number of halogens is 2. The van der Waals surface area contributed by atoms with Gasteiger partial charge in [0.2, 0.25) is 17.9 Å². The number of aromatic nitrogens is 2.